The lowest BCUT2D eigenvalue weighted by Crippen LogP contribution is -2.54. The molecule has 3 aromatic rings. The molecule has 1 aliphatic rings. The average Bonchev–Trinajstić information content (AvgIpc) is 3.13. The molecule has 1 aromatic heterocycles. The number of hydrogen-bond acceptors (Lipinski definition) is 6. The highest BCUT2D eigenvalue weighted by molar-refractivity contribution is 6.30. The number of para-hydroxylation sites is 1. The number of ether oxygens (including phenoxy) is 2. The molecule has 0 bridgehead atoms. The van der Waals surface area contributed by atoms with Gasteiger partial charge in [-0.15, -0.1) is 0 Å². The average molecular weight is 516 g/mol. The van der Waals surface area contributed by atoms with Crippen LogP contribution in [0.25, 0.3) is 10.9 Å². The van der Waals surface area contributed by atoms with Gasteiger partial charge in [-0.1, -0.05) is 29.8 Å². The third kappa shape index (κ3) is 5.78. The van der Waals surface area contributed by atoms with E-state index in [-0.39, 0.29) is 12.7 Å². The van der Waals surface area contributed by atoms with Crippen molar-refractivity contribution in [2.75, 3.05) is 26.2 Å². The predicted molar refractivity (Wildman–Crippen MR) is 139 cm³/mol. The number of piperazine rings is 1. The number of carbonyl (C=O) groups is 1. The van der Waals surface area contributed by atoms with E-state index in [1.807, 2.05) is 56.7 Å². The van der Waals surface area contributed by atoms with Crippen molar-refractivity contribution >= 4 is 28.6 Å². The van der Waals surface area contributed by atoms with Crippen LogP contribution in [0.4, 0.5) is 4.79 Å². The van der Waals surface area contributed by atoms with Gasteiger partial charge in [0.15, 0.2) is 0 Å². The summed E-state index contributed by atoms with van der Waals surface area (Å²) in [5.74, 6) is 0.656. The molecule has 36 heavy (non-hydrogen) atoms. The molecule has 0 radical (unpaired) electrons. The fourth-order valence-corrected chi connectivity index (χ4v) is 4.63. The van der Waals surface area contributed by atoms with Crippen molar-refractivity contribution < 1.29 is 24.5 Å². The summed E-state index contributed by atoms with van der Waals surface area (Å²) in [6, 6.07) is 14.9. The zero-order valence-electron chi connectivity index (χ0n) is 21.1. The van der Waals surface area contributed by atoms with Crippen LogP contribution in [0.2, 0.25) is 5.02 Å². The Morgan fingerprint density at radius 1 is 1.03 bits per heavy atom. The number of aromatic nitrogens is 1. The third-order valence-electron chi connectivity index (χ3n) is 6.38. The van der Waals surface area contributed by atoms with Gasteiger partial charge in [-0.2, -0.15) is 0 Å². The highest BCUT2D eigenvalue weighted by Gasteiger charge is 2.34. The SMILES string of the molecule is Cn1c(COc2ccc(Cl)cc2)c(C(O)C(O)N2CCN(C(=O)OC(C)(C)C)CC2)c2ccccc21. The molecule has 4 rings (SSSR count). The number of nitrogens with zero attached hydrogens (tertiary/aromatic N) is 3. The third-order valence-corrected chi connectivity index (χ3v) is 6.63. The van der Waals surface area contributed by atoms with Crippen LogP contribution in [0.5, 0.6) is 5.75 Å². The van der Waals surface area contributed by atoms with Gasteiger partial charge >= 0.3 is 6.09 Å². The van der Waals surface area contributed by atoms with Crippen LogP contribution in [-0.4, -0.2) is 68.7 Å². The van der Waals surface area contributed by atoms with E-state index in [1.165, 1.54) is 0 Å². The van der Waals surface area contributed by atoms with E-state index < -0.39 is 17.9 Å². The summed E-state index contributed by atoms with van der Waals surface area (Å²) in [7, 11) is 1.92. The lowest BCUT2D eigenvalue weighted by Gasteiger charge is -2.39. The van der Waals surface area contributed by atoms with Gasteiger partial charge in [-0.05, 0) is 51.1 Å². The molecule has 2 heterocycles. The monoisotopic (exact) mass is 515 g/mol. The van der Waals surface area contributed by atoms with E-state index in [9.17, 15) is 15.0 Å². The standard InChI is InChI=1S/C27H34ClN3O5/c1-27(2,3)36-26(34)31-15-13-30(14-16-31)25(33)24(32)23-20-7-5-6-8-21(20)29(4)22(23)17-35-19-11-9-18(28)10-12-19/h5-12,24-25,32-33H,13-17H2,1-4H3. The van der Waals surface area contributed by atoms with Crippen LogP contribution in [0, 0.1) is 0 Å². The summed E-state index contributed by atoms with van der Waals surface area (Å²) in [6.45, 7) is 7.34. The van der Waals surface area contributed by atoms with Gasteiger partial charge in [-0.3, -0.25) is 4.90 Å². The number of hydrogen-bond donors (Lipinski definition) is 2. The van der Waals surface area contributed by atoms with Gasteiger partial charge in [0.05, 0.1) is 5.69 Å². The summed E-state index contributed by atoms with van der Waals surface area (Å²) in [5, 5.41) is 24.1. The van der Waals surface area contributed by atoms with Crippen molar-refractivity contribution in [3.05, 3.63) is 64.8 Å². The molecule has 2 aromatic carbocycles. The van der Waals surface area contributed by atoms with Crippen LogP contribution < -0.4 is 4.74 Å². The quantitative estimate of drug-likeness (QED) is 0.508. The highest BCUT2D eigenvalue weighted by atomic mass is 35.5. The highest BCUT2D eigenvalue weighted by Crippen LogP contribution is 2.34. The van der Waals surface area contributed by atoms with Crippen molar-refractivity contribution in [1.29, 1.82) is 0 Å². The largest absolute Gasteiger partial charge is 0.487 e. The van der Waals surface area contributed by atoms with Crippen LogP contribution >= 0.6 is 11.6 Å². The Hall–Kier alpha value is -2.78. The number of carbonyl (C=O) groups excluding carboxylic acids is 1. The number of aliphatic hydroxyl groups is 2. The Morgan fingerprint density at radius 3 is 2.31 bits per heavy atom. The van der Waals surface area contributed by atoms with Gasteiger partial charge in [-0.25, -0.2) is 4.79 Å². The minimum Gasteiger partial charge on any atom is -0.487 e. The molecule has 0 aliphatic carbocycles. The van der Waals surface area contributed by atoms with Crippen LogP contribution in [-0.2, 0) is 18.4 Å². The first-order chi connectivity index (χ1) is 17.0. The van der Waals surface area contributed by atoms with Gasteiger partial charge in [0, 0.05) is 54.7 Å². The minimum atomic E-state index is -1.17. The van der Waals surface area contributed by atoms with E-state index in [4.69, 9.17) is 21.1 Å². The first-order valence-corrected chi connectivity index (χ1v) is 12.5. The molecule has 8 nitrogen and oxygen atoms in total. The van der Waals surface area contributed by atoms with Crippen molar-refractivity contribution in [3.8, 4) is 5.75 Å². The first kappa shape index (κ1) is 26.3. The number of halogens is 1. The minimum absolute atomic E-state index is 0.207. The van der Waals surface area contributed by atoms with Gasteiger partial charge < -0.3 is 29.2 Å². The molecular formula is C27H34ClN3O5. The zero-order valence-corrected chi connectivity index (χ0v) is 21.9. The molecule has 1 saturated heterocycles. The van der Waals surface area contributed by atoms with E-state index in [0.717, 1.165) is 16.6 Å². The van der Waals surface area contributed by atoms with E-state index in [0.29, 0.717) is 42.5 Å². The predicted octanol–water partition coefficient (Wildman–Crippen LogP) is 4.32. The summed E-state index contributed by atoms with van der Waals surface area (Å²) in [4.78, 5) is 15.8. The maximum atomic E-state index is 12.4. The molecule has 2 atom stereocenters. The number of benzene rings is 2. The molecule has 0 spiro atoms. The summed E-state index contributed by atoms with van der Waals surface area (Å²) in [6.07, 6.45) is -2.69. The normalized spacial score (nSPS) is 16.7. The van der Waals surface area contributed by atoms with Crippen molar-refractivity contribution in [2.24, 2.45) is 7.05 Å². The topological polar surface area (TPSA) is 87.4 Å². The summed E-state index contributed by atoms with van der Waals surface area (Å²) < 4.78 is 13.5. The van der Waals surface area contributed by atoms with Crippen molar-refractivity contribution in [2.45, 2.75) is 45.3 Å². The number of fused-ring (bicyclic) bond motifs is 1. The van der Waals surface area contributed by atoms with E-state index >= 15 is 0 Å². The second-order valence-electron chi connectivity index (χ2n) is 10.0. The number of rotatable bonds is 6. The Balaban J connectivity index is 1.52. The second kappa shape index (κ2) is 10.7. The zero-order chi connectivity index (χ0) is 26.0. The van der Waals surface area contributed by atoms with Crippen LogP contribution in [0.1, 0.15) is 38.1 Å². The van der Waals surface area contributed by atoms with Crippen molar-refractivity contribution in [1.82, 2.24) is 14.4 Å². The summed E-state index contributed by atoms with van der Waals surface area (Å²) in [5.41, 5.74) is 1.76. The summed E-state index contributed by atoms with van der Waals surface area (Å²) >= 11 is 5.98. The fourth-order valence-electron chi connectivity index (χ4n) is 4.51. The lowest BCUT2D eigenvalue weighted by molar-refractivity contribution is -0.0988. The Labute approximate surface area is 216 Å². The molecule has 1 fully saturated rings. The lowest BCUT2D eigenvalue weighted by atomic mass is 10.0. The Morgan fingerprint density at radius 2 is 1.67 bits per heavy atom. The molecule has 0 saturated carbocycles. The fraction of sp³-hybridized carbons (Fsp3) is 0.444. The van der Waals surface area contributed by atoms with E-state index in [1.54, 1.807) is 34.1 Å². The number of aryl methyl sites for hydroxylation is 1. The Bertz CT molecular complexity index is 1200. The first-order valence-electron chi connectivity index (χ1n) is 12.1. The molecular weight excluding hydrogens is 482 g/mol. The smallest absolute Gasteiger partial charge is 0.410 e. The second-order valence-corrected chi connectivity index (χ2v) is 10.5. The maximum absolute atomic E-state index is 12.4. The van der Waals surface area contributed by atoms with Gasteiger partial charge in [0.25, 0.3) is 0 Å². The van der Waals surface area contributed by atoms with Crippen LogP contribution in [0.3, 0.4) is 0 Å². The maximum Gasteiger partial charge on any atom is 0.410 e. The molecule has 2 unspecified atom stereocenters. The van der Waals surface area contributed by atoms with Crippen LogP contribution in [0.15, 0.2) is 48.5 Å². The van der Waals surface area contributed by atoms with E-state index in [2.05, 4.69) is 0 Å². The molecule has 9 heteroatoms. The number of amides is 1. The molecule has 1 aliphatic heterocycles. The van der Waals surface area contributed by atoms with Gasteiger partial charge in [0.1, 0.15) is 30.3 Å². The molecule has 194 valence electrons. The molecule has 2 N–H and O–H groups in total. The number of aliphatic hydroxyl groups excluding tert-OH is 2. The molecule has 1 amide bonds. The van der Waals surface area contributed by atoms with Gasteiger partial charge in [0.2, 0.25) is 0 Å². The Kier molecular flexibility index (Phi) is 7.80. The van der Waals surface area contributed by atoms with Crippen molar-refractivity contribution in [3.63, 3.8) is 0 Å².